The van der Waals surface area contributed by atoms with Crippen LogP contribution in [0.4, 0.5) is 4.39 Å². The molecule has 1 aromatic heterocycles. The molecule has 0 saturated carbocycles. The number of nitrogens with zero attached hydrogens (tertiary/aromatic N) is 3. The maximum absolute atomic E-state index is 13.5. The van der Waals surface area contributed by atoms with Crippen molar-refractivity contribution >= 4 is 10.0 Å². The molecule has 6 nitrogen and oxygen atoms in total. The summed E-state index contributed by atoms with van der Waals surface area (Å²) < 4.78 is 40.9. The van der Waals surface area contributed by atoms with Crippen LogP contribution in [0.2, 0.25) is 0 Å². The number of hydrogen-bond donors (Lipinski definition) is 1. The molecule has 4 rings (SSSR count). The Morgan fingerprint density at radius 1 is 0.906 bits per heavy atom. The van der Waals surface area contributed by atoms with Crippen molar-refractivity contribution in [2.45, 2.75) is 16.9 Å². The third kappa shape index (κ3) is 5.05. The number of nitrogens with two attached hydrogens (primary N) is 1. The average Bonchev–Trinajstić information content (AvgIpc) is 2.84. The highest BCUT2D eigenvalue weighted by atomic mass is 32.2. The van der Waals surface area contributed by atoms with Crippen molar-refractivity contribution in [3.8, 4) is 0 Å². The summed E-state index contributed by atoms with van der Waals surface area (Å²) in [6.07, 6.45) is 1.71. The molecule has 2 atom stereocenters. The Hall–Kier alpha value is -2.65. The van der Waals surface area contributed by atoms with Crippen LogP contribution in [0.1, 0.15) is 23.2 Å². The number of sulfonamides is 1. The van der Waals surface area contributed by atoms with E-state index in [1.54, 1.807) is 48.7 Å². The Morgan fingerprint density at radius 3 is 2.19 bits per heavy atom. The maximum atomic E-state index is 13.5. The Kier molecular flexibility index (Phi) is 6.95. The molecular formula is C24H27FN4O2S. The second kappa shape index (κ2) is 9.87. The van der Waals surface area contributed by atoms with Gasteiger partial charge in [0.05, 0.1) is 16.6 Å². The van der Waals surface area contributed by atoms with Crippen LogP contribution in [0.5, 0.6) is 0 Å². The first-order chi connectivity index (χ1) is 15.4. The smallest absolute Gasteiger partial charge is 0.243 e. The van der Waals surface area contributed by atoms with E-state index >= 15 is 0 Å². The normalized spacial score (nSPS) is 17.7. The zero-order chi connectivity index (χ0) is 22.6. The second-order valence-electron chi connectivity index (χ2n) is 7.96. The van der Waals surface area contributed by atoms with Gasteiger partial charge in [0.15, 0.2) is 0 Å². The van der Waals surface area contributed by atoms with Gasteiger partial charge >= 0.3 is 0 Å². The lowest BCUT2D eigenvalue weighted by molar-refractivity contribution is 0.173. The summed E-state index contributed by atoms with van der Waals surface area (Å²) in [7, 11) is -3.50. The molecule has 1 saturated heterocycles. The van der Waals surface area contributed by atoms with E-state index in [4.69, 9.17) is 5.73 Å². The number of benzene rings is 2. The molecule has 2 unspecified atom stereocenters. The van der Waals surface area contributed by atoms with Crippen LogP contribution in [-0.2, 0) is 10.0 Å². The van der Waals surface area contributed by atoms with Crippen molar-refractivity contribution in [3.05, 3.63) is 96.1 Å². The molecule has 32 heavy (non-hydrogen) atoms. The lowest BCUT2D eigenvalue weighted by Gasteiger charge is -2.37. The Labute approximate surface area is 188 Å². The van der Waals surface area contributed by atoms with Gasteiger partial charge in [0, 0.05) is 44.8 Å². The third-order valence-electron chi connectivity index (χ3n) is 5.93. The highest BCUT2D eigenvalue weighted by Crippen LogP contribution is 2.30. The first-order valence-electron chi connectivity index (χ1n) is 10.6. The van der Waals surface area contributed by atoms with E-state index in [1.807, 2.05) is 18.2 Å². The predicted molar refractivity (Wildman–Crippen MR) is 122 cm³/mol. The first-order valence-corrected chi connectivity index (χ1v) is 12.1. The fourth-order valence-electron chi connectivity index (χ4n) is 4.09. The molecule has 2 N–H and O–H groups in total. The molecule has 168 valence electrons. The van der Waals surface area contributed by atoms with Crippen molar-refractivity contribution in [1.82, 2.24) is 14.2 Å². The summed E-state index contributed by atoms with van der Waals surface area (Å²) in [5.74, 6) is -0.401. The summed E-state index contributed by atoms with van der Waals surface area (Å²) in [5.41, 5.74) is 8.31. The fourth-order valence-corrected chi connectivity index (χ4v) is 5.53. The third-order valence-corrected chi connectivity index (χ3v) is 7.84. The topological polar surface area (TPSA) is 79.5 Å². The zero-order valence-corrected chi connectivity index (χ0v) is 18.5. The summed E-state index contributed by atoms with van der Waals surface area (Å²) >= 11 is 0. The van der Waals surface area contributed by atoms with Crippen molar-refractivity contribution < 1.29 is 12.8 Å². The molecule has 0 radical (unpaired) electrons. The van der Waals surface area contributed by atoms with E-state index in [0.29, 0.717) is 37.6 Å². The molecule has 0 spiro atoms. The molecule has 1 aliphatic rings. The van der Waals surface area contributed by atoms with Crippen molar-refractivity contribution in [3.63, 3.8) is 0 Å². The van der Waals surface area contributed by atoms with Crippen LogP contribution in [0.25, 0.3) is 0 Å². The largest absolute Gasteiger partial charge is 0.322 e. The number of aromatic nitrogens is 1. The van der Waals surface area contributed by atoms with Crippen LogP contribution in [-0.4, -0.2) is 55.3 Å². The van der Waals surface area contributed by atoms with E-state index in [2.05, 4.69) is 9.88 Å². The molecular weight excluding hydrogens is 427 g/mol. The molecule has 2 heterocycles. The van der Waals surface area contributed by atoms with Gasteiger partial charge in [0.25, 0.3) is 0 Å². The van der Waals surface area contributed by atoms with E-state index in [-0.39, 0.29) is 17.8 Å². The minimum Gasteiger partial charge on any atom is -0.322 e. The molecule has 0 bridgehead atoms. The maximum Gasteiger partial charge on any atom is 0.243 e. The van der Waals surface area contributed by atoms with Crippen LogP contribution >= 0.6 is 0 Å². The fraction of sp³-hybridized carbons (Fsp3) is 0.292. The minimum atomic E-state index is -3.50. The van der Waals surface area contributed by atoms with Crippen molar-refractivity contribution in [1.29, 1.82) is 0 Å². The number of piperazine rings is 1. The zero-order valence-electron chi connectivity index (χ0n) is 17.7. The lowest BCUT2D eigenvalue weighted by atomic mass is 9.89. The minimum absolute atomic E-state index is 0.109. The van der Waals surface area contributed by atoms with Gasteiger partial charge in [-0.15, -0.1) is 0 Å². The summed E-state index contributed by atoms with van der Waals surface area (Å²) in [6.45, 7) is 2.64. The van der Waals surface area contributed by atoms with E-state index in [1.165, 1.54) is 16.4 Å². The molecule has 0 aliphatic carbocycles. The second-order valence-corrected chi connectivity index (χ2v) is 9.89. The molecule has 1 fully saturated rings. The molecule has 3 aromatic rings. The van der Waals surface area contributed by atoms with Gasteiger partial charge in [0.2, 0.25) is 10.0 Å². The van der Waals surface area contributed by atoms with Crippen LogP contribution in [0.15, 0.2) is 83.9 Å². The number of halogens is 1. The van der Waals surface area contributed by atoms with Gasteiger partial charge < -0.3 is 10.6 Å². The Bertz CT molecular complexity index is 1100. The van der Waals surface area contributed by atoms with Crippen molar-refractivity contribution in [2.24, 2.45) is 5.73 Å². The Balaban J connectivity index is 1.48. The highest BCUT2D eigenvalue weighted by molar-refractivity contribution is 7.89. The quantitative estimate of drug-likeness (QED) is 0.594. The summed E-state index contributed by atoms with van der Waals surface area (Å²) in [5, 5.41) is 0. The van der Waals surface area contributed by atoms with E-state index in [0.717, 1.165) is 11.3 Å². The van der Waals surface area contributed by atoms with Gasteiger partial charge in [-0.1, -0.05) is 36.4 Å². The molecule has 8 heteroatoms. The van der Waals surface area contributed by atoms with Crippen LogP contribution in [0, 0.1) is 5.82 Å². The lowest BCUT2D eigenvalue weighted by Crippen LogP contribution is -2.50. The average molecular weight is 455 g/mol. The monoisotopic (exact) mass is 454 g/mol. The first kappa shape index (κ1) is 22.5. The SMILES string of the molecule is NC(c1ccccn1)C(CN1CCN(S(=O)(=O)c2ccccc2)CC1)c1ccc(F)cc1. The standard InChI is InChI=1S/C24H27FN4O2S/c25-20-11-9-19(10-12-20)22(24(26)23-8-4-5-13-27-23)18-28-14-16-29(17-15-28)32(30,31)21-6-2-1-3-7-21/h1-13,22,24H,14-18,26H2. The predicted octanol–water partition coefficient (Wildman–Crippen LogP) is 3.01. The van der Waals surface area contributed by atoms with Crippen LogP contribution in [0.3, 0.4) is 0 Å². The van der Waals surface area contributed by atoms with E-state index in [9.17, 15) is 12.8 Å². The Morgan fingerprint density at radius 2 is 1.56 bits per heavy atom. The highest BCUT2D eigenvalue weighted by Gasteiger charge is 2.31. The van der Waals surface area contributed by atoms with Gasteiger partial charge in [-0.25, -0.2) is 12.8 Å². The van der Waals surface area contributed by atoms with Gasteiger partial charge in [-0.05, 0) is 42.0 Å². The molecule has 0 amide bonds. The summed E-state index contributed by atoms with van der Waals surface area (Å²) in [4.78, 5) is 6.94. The number of pyridine rings is 1. The molecule has 1 aliphatic heterocycles. The molecule has 2 aromatic carbocycles. The van der Waals surface area contributed by atoms with Crippen LogP contribution < -0.4 is 5.73 Å². The van der Waals surface area contributed by atoms with Crippen molar-refractivity contribution in [2.75, 3.05) is 32.7 Å². The van der Waals surface area contributed by atoms with Gasteiger partial charge in [0.1, 0.15) is 5.82 Å². The summed E-state index contributed by atoms with van der Waals surface area (Å²) in [6, 6.07) is 20.2. The van der Waals surface area contributed by atoms with Gasteiger partial charge in [-0.3, -0.25) is 4.98 Å². The van der Waals surface area contributed by atoms with E-state index < -0.39 is 10.0 Å². The van der Waals surface area contributed by atoms with Gasteiger partial charge in [-0.2, -0.15) is 4.31 Å². The number of hydrogen-bond acceptors (Lipinski definition) is 5. The number of rotatable bonds is 7.